The summed E-state index contributed by atoms with van der Waals surface area (Å²) in [6.07, 6.45) is 2.01. The Kier molecular flexibility index (Phi) is 2.77. The third-order valence-electron chi connectivity index (χ3n) is 2.32. The average Bonchev–Trinajstić information content (AvgIpc) is 2.58. The second kappa shape index (κ2) is 4.06. The van der Waals surface area contributed by atoms with E-state index < -0.39 is 0 Å². The van der Waals surface area contributed by atoms with Crippen molar-refractivity contribution >= 4 is 23.2 Å². The number of rotatable bonds is 2. The highest BCUT2D eigenvalue weighted by atomic mass is 35.5. The molecule has 1 aliphatic rings. The van der Waals surface area contributed by atoms with Crippen LogP contribution in [-0.2, 0) is 4.79 Å². The molecule has 1 atom stereocenters. The van der Waals surface area contributed by atoms with Gasteiger partial charge in [0.05, 0.1) is 24.4 Å². The number of hydrogen-bond acceptors (Lipinski definition) is 3. The Morgan fingerprint density at radius 2 is 2.40 bits per heavy atom. The van der Waals surface area contributed by atoms with Gasteiger partial charge in [0.2, 0.25) is 11.8 Å². The van der Waals surface area contributed by atoms with Crippen LogP contribution < -0.4 is 9.64 Å². The van der Waals surface area contributed by atoms with Crippen molar-refractivity contribution in [2.75, 3.05) is 18.6 Å². The fourth-order valence-corrected chi connectivity index (χ4v) is 1.84. The van der Waals surface area contributed by atoms with Crippen molar-refractivity contribution in [1.29, 1.82) is 0 Å². The van der Waals surface area contributed by atoms with E-state index in [2.05, 4.69) is 4.98 Å². The molecule has 0 aliphatic carbocycles. The van der Waals surface area contributed by atoms with Crippen LogP contribution in [0.4, 0.5) is 5.69 Å². The summed E-state index contributed by atoms with van der Waals surface area (Å²) in [5.41, 5.74) is 0.768. The third-order valence-corrected chi connectivity index (χ3v) is 2.61. The van der Waals surface area contributed by atoms with Crippen LogP contribution in [0.3, 0.4) is 0 Å². The van der Waals surface area contributed by atoms with Gasteiger partial charge < -0.3 is 9.64 Å². The van der Waals surface area contributed by atoms with Gasteiger partial charge in [0.15, 0.2) is 0 Å². The minimum atomic E-state index is -0.0976. The smallest absolute Gasteiger partial charge is 0.228 e. The molecule has 1 aromatic heterocycles. The fourth-order valence-electron chi connectivity index (χ4n) is 1.57. The van der Waals surface area contributed by atoms with Gasteiger partial charge in [-0.05, 0) is 6.07 Å². The van der Waals surface area contributed by atoms with Gasteiger partial charge in [0, 0.05) is 19.0 Å². The van der Waals surface area contributed by atoms with Crippen molar-refractivity contribution in [3.05, 3.63) is 18.3 Å². The molecule has 2 heterocycles. The summed E-state index contributed by atoms with van der Waals surface area (Å²) in [6.45, 7) is 0.550. The van der Waals surface area contributed by atoms with E-state index in [0.29, 0.717) is 18.8 Å². The number of anilines is 1. The summed E-state index contributed by atoms with van der Waals surface area (Å²) in [4.78, 5) is 17.2. The van der Waals surface area contributed by atoms with Gasteiger partial charge in [0.25, 0.3) is 0 Å². The van der Waals surface area contributed by atoms with Crippen LogP contribution in [0.2, 0.25) is 0 Å². The molecule has 0 N–H and O–H groups in total. The highest BCUT2D eigenvalue weighted by Gasteiger charge is 2.29. The highest BCUT2D eigenvalue weighted by Crippen LogP contribution is 2.24. The Morgan fingerprint density at radius 1 is 1.60 bits per heavy atom. The van der Waals surface area contributed by atoms with Crippen LogP contribution in [0.15, 0.2) is 18.3 Å². The summed E-state index contributed by atoms with van der Waals surface area (Å²) < 4.78 is 4.94. The van der Waals surface area contributed by atoms with Gasteiger partial charge >= 0.3 is 0 Å². The van der Waals surface area contributed by atoms with Gasteiger partial charge in [-0.25, -0.2) is 4.98 Å². The largest absolute Gasteiger partial charge is 0.481 e. The van der Waals surface area contributed by atoms with Crippen LogP contribution in [0.1, 0.15) is 6.42 Å². The Morgan fingerprint density at radius 3 is 2.87 bits per heavy atom. The standard InChI is InChI=1S/C10H11ClN2O2/c1-15-9-3-2-8(5-12-9)13-6-7(11)4-10(13)14/h2-3,5,7H,4,6H2,1H3. The molecule has 0 saturated carbocycles. The van der Waals surface area contributed by atoms with E-state index in [-0.39, 0.29) is 11.3 Å². The minimum Gasteiger partial charge on any atom is -0.481 e. The summed E-state index contributed by atoms with van der Waals surface area (Å²) in [6, 6.07) is 3.53. The molecular weight excluding hydrogens is 216 g/mol. The van der Waals surface area contributed by atoms with E-state index in [0.717, 1.165) is 5.69 Å². The Labute approximate surface area is 92.8 Å². The molecule has 1 aromatic rings. The van der Waals surface area contributed by atoms with E-state index >= 15 is 0 Å². The SMILES string of the molecule is COc1ccc(N2CC(Cl)CC2=O)cn1. The lowest BCUT2D eigenvalue weighted by Gasteiger charge is -2.15. The first-order chi connectivity index (χ1) is 7.20. The summed E-state index contributed by atoms with van der Waals surface area (Å²) in [5, 5.41) is -0.0976. The first-order valence-corrected chi connectivity index (χ1v) is 5.09. The molecular formula is C10H11ClN2O2. The van der Waals surface area contributed by atoms with Gasteiger partial charge in [0.1, 0.15) is 0 Å². The molecule has 5 heteroatoms. The molecule has 15 heavy (non-hydrogen) atoms. The van der Waals surface area contributed by atoms with Crippen molar-refractivity contribution in [1.82, 2.24) is 4.98 Å². The maximum absolute atomic E-state index is 11.5. The quantitative estimate of drug-likeness (QED) is 0.717. The van der Waals surface area contributed by atoms with Crippen LogP contribution in [0.25, 0.3) is 0 Å². The molecule has 0 radical (unpaired) electrons. The Balaban J connectivity index is 2.19. The zero-order chi connectivity index (χ0) is 10.8. The first kappa shape index (κ1) is 10.2. The number of amides is 1. The van der Waals surface area contributed by atoms with E-state index in [9.17, 15) is 4.79 Å². The molecule has 4 nitrogen and oxygen atoms in total. The molecule has 80 valence electrons. The van der Waals surface area contributed by atoms with Crippen LogP contribution in [0.5, 0.6) is 5.88 Å². The highest BCUT2D eigenvalue weighted by molar-refractivity contribution is 6.24. The fraction of sp³-hybridized carbons (Fsp3) is 0.400. The Bertz CT molecular complexity index is 366. The van der Waals surface area contributed by atoms with E-state index in [1.54, 1.807) is 30.3 Å². The first-order valence-electron chi connectivity index (χ1n) is 4.65. The van der Waals surface area contributed by atoms with Crippen LogP contribution >= 0.6 is 11.6 Å². The molecule has 0 spiro atoms. The maximum atomic E-state index is 11.5. The summed E-state index contributed by atoms with van der Waals surface area (Å²) >= 11 is 5.90. The lowest BCUT2D eigenvalue weighted by molar-refractivity contribution is -0.117. The second-order valence-electron chi connectivity index (χ2n) is 3.36. The molecule has 1 aliphatic heterocycles. The van der Waals surface area contributed by atoms with E-state index in [4.69, 9.17) is 16.3 Å². The van der Waals surface area contributed by atoms with Crippen molar-refractivity contribution in [2.45, 2.75) is 11.8 Å². The van der Waals surface area contributed by atoms with Gasteiger partial charge in [-0.2, -0.15) is 0 Å². The second-order valence-corrected chi connectivity index (χ2v) is 3.98. The number of aromatic nitrogens is 1. The molecule has 1 fully saturated rings. The van der Waals surface area contributed by atoms with Gasteiger partial charge in [-0.3, -0.25) is 4.79 Å². The molecule has 0 aromatic carbocycles. The van der Waals surface area contributed by atoms with Gasteiger partial charge in [-0.1, -0.05) is 0 Å². The number of hydrogen-bond donors (Lipinski definition) is 0. The summed E-state index contributed by atoms with van der Waals surface area (Å²) in [7, 11) is 1.55. The van der Waals surface area contributed by atoms with E-state index in [1.165, 1.54) is 0 Å². The zero-order valence-electron chi connectivity index (χ0n) is 8.31. The Hall–Kier alpha value is -1.29. The predicted octanol–water partition coefficient (Wildman–Crippen LogP) is 1.43. The topological polar surface area (TPSA) is 42.4 Å². The number of pyridine rings is 1. The zero-order valence-corrected chi connectivity index (χ0v) is 9.07. The van der Waals surface area contributed by atoms with Crippen molar-refractivity contribution < 1.29 is 9.53 Å². The van der Waals surface area contributed by atoms with Gasteiger partial charge in [-0.15, -0.1) is 11.6 Å². The number of carbonyl (C=O) groups is 1. The molecule has 1 unspecified atom stereocenters. The number of halogens is 1. The molecule has 2 rings (SSSR count). The lowest BCUT2D eigenvalue weighted by atomic mass is 10.4. The van der Waals surface area contributed by atoms with Crippen molar-refractivity contribution in [2.24, 2.45) is 0 Å². The molecule has 0 bridgehead atoms. The predicted molar refractivity (Wildman–Crippen MR) is 57.4 cm³/mol. The normalized spacial score (nSPS) is 20.8. The van der Waals surface area contributed by atoms with Crippen LogP contribution in [0, 0.1) is 0 Å². The molecule has 1 amide bonds. The third kappa shape index (κ3) is 2.04. The molecule has 1 saturated heterocycles. The number of carbonyl (C=O) groups excluding carboxylic acids is 1. The maximum Gasteiger partial charge on any atom is 0.228 e. The minimum absolute atomic E-state index is 0.0435. The van der Waals surface area contributed by atoms with E-state index in [1.807, 2.05) is 0 Å². The number of nitrogens with zero attached hydrogens (tertiary/aromatic N) is 2. The average molecular weight is 227 g/mol. The lowest BCUT2D eigenvalue weighted by Crippen LogP contribution is -2.24. The number of ether oxygens (including phenoxy) is 1. The monoisotopic (exact) mass is 226 g/mol. The number of methoxy groups -OCH3 is 1. The summed E-state index contributed by atoms with van der Waals surface area (Å²) in [5.74, 6) is 0.579. The van der Waals surface area contributed by atoms with Crippen molar-refractivity contribution in [3.63, 3.8) is 0 Å². The van der Waals surface area contributed by atoms with Crippen LogP contribution in [-0.4, -0.2) is 29.9 Å². The van der Waals surface area contributed by atoms with Crippen molar-refractivity contribution in [3.8, 4) is 5.88 Å². The number of alkyl halides is 1.